The van der Waals surface area contributed by atoms with Gasteiger partial charge >= 0.3 is 0 Å². The number of amides is 2. The summed E-state index contributed by atoms with van der Waals surface area (Å²) >= 11 is 0. The van der Waals surface area contributed by atoms with E-state index in [2.05, 4.69) is 5.32 Å². The number of carbonyl (C=O) groups is 2. The van der Waals surface area contributed by atoms with Gasteiger partial charge in [0.05, 0.1) is 0 Å². The molecular weight excluding hydrogens is 299 g/mol. The maximum atomic E-state index is 13.0. The minimum Gasteiger partial charge on any atom is -0.368 e. The summed E-state index contributed by atoms with van der Waals surface area (Å²) in [5.74, 6) is -1.69. The number of carbonyl (C=O) groups excluding carboxylic acids is 2. The molecule has 2 rings (SSSR count). The number of primary amides is 1. The Balaban J connectivity index is 2.20. The first-order valence-electron chi connectivity index (χ1n) is 6.96. The zero-order chi connectivity index (χ0) is 16.8. The summed E-state index contributed by atoms with van der Waals surface area (Å²) < 4.78 is 18.2. The van der Waals surface area contributed by atoms with E-state index in [1.165, 1.54) is 31.4 Å². The van der Waals surface area contributed by atoms with Gasteiger partial charge in [0, 0.05) is 7.11 Å². The number of benzene rings is 2. The highest BCUT2D eigenvalue weighted by atomic mass is 19.1. The van der Waals surface area contributed by atoms with E-state index in [4.69, 9.17) is 10.5 Å². The zero-order valence-corrected chi connectivity index (χ0v) is 12.5. The highest BCUT2D eigenvalue weighted by Gasteiger charge is 2.26. The van der Waals surface area contributed by atoms with Gasteiger partial charge in [-0.15, -0.1) is 0 Å². The van der Waals surface area contributed by atoms with Crippen LogP contribution in [0.4, 0.5) is 4.39 Å². The molecule has 0 aliphatic heterocycles. The third-order valence-corrected chi connectivity index (χ3v) is 3.35. The molecule has 2 amide bonds. The van der Waals surface area contributed by atoms with Crippen LogP contribution in [0.25, 0.3) is 0 Å². The summed E-state index contributed by atoms with van der Waals surface area (Å²) in [7, 11) is 1.40. The number of rotatable bonds is 6. The van der Waals surface area contributed by atoms with Gasteiger partial charge in [-0.2, -0.15) is 0 Å². The van der Waals surface area contributed by atoms with E-state index in [9.17, 15) is 14.0 Å². The van der Waals surface area contributed by atoms with Gasteiger partial charge in [-0.05, 0) is 23.3 Å². The monoisotopic (exact) mass is 316 g/mol. The second kappa shape index (κ2) is 7.51. The van der Waals surface area contributed by atoms with Gasteiger partial charge in [0.15, 0.2) is 6.10 Å². The molecule has 2 aromatic carbocycles. The van der Waals surface area contributed by atoms with Gasteiger partial charge in [-0.3, -0.25) is 9.59 Å². The fourth-order valence-electron chi connectivity index (χ4n) is 2.21. The van der Waals surface area contributed by atoms with Crippen molar-refractivity contribution < 1.29 is 18.7 Å². The summed E-state index contributed by atoms with van der Waals surface area (Å²) in [4.78, 5) is 24.1. The quantitative estimate of drug-likeness (QED) is 0.853. The fraction of sp³-hybridized carbons (Fsp3) is 0.176. The van der Waals surface area contributed by atoms with Crippen molar-refractivity contribution in [1.29, 1.82) is 0 Å². The lowest BCUT2D eigenvalue weighted by Crippen LogP contribution is -2.40. The second-order valence-corrected chi connectivity index (χ2v) is 4.92. The van der Waals surface area contributed by atoms with Crippen molar-refractivity contribution in [2.75, 3.05) is 7.11 Å². The standard InChI is InChI=1S/C17H17FN2O3/c1-23-15(12-5-3-2-4-6-12)17(22)20-14(16(19)21)11-7-9-13(18)10-8-11/h2-10,14-15H,1H3,(H2,19,21)(H,20,22)/t14-,15+/m1/s1. The summed E-state index contributed by atoms with van der Waals surface area (Å²) in [6, 6.07) is 13.0. The van der Waals surface area contributed by atoms with E-state index in [-0.39, 0.29) is 0 Å². The third kappa shape index (κ3) is 4.14. The van der Waals surface area contributed by atoms with Crippen molar-refractivity contribution in [1.82, 2.24) is 5.32 Å². The van der Waals surface area contributed by atoms with Gasteiger partial charge in [0.1, 0.15) is 11.9 Å². The normalized spacial score (nSPS) is 13.1. The first-order chi connectivity index (χ1) is 11.0. The molecule has 0 fully saturated rings. The van der Waals surface area contributed by atoms with Crippen LogP contribution in [-0.4, -0.2) is 18.9 Å². The van der Waals surface area contributed by atoms with Crippen molar-refractivity contribution in [3.63, 3.8) is 0 Å². The average molecular weight is 316 g/mol. The molecule has 0 aliphatic carbocycles. The van der Waals surface area contributed by atoms with Crippen molar-refractivity contribution >= 4 is 11.8 Å². The van der Waals surface area contributed by atoms with E-state index < -0.39 is 29.8 Å². The van der Waals surface area contributed by atoms with E-state index in [1.807, 2.05) is 6.07 Å². The molecule has 0 saturated carbocycles. The smallest absolute Gasteiger partial charge is 0.254 e. The Morgan fingerprint density at radius 2 is 1.65 bits per heavy atom. The highest BCUT2D eigenvalue weighted by Crippen LogP contribution is 2.19. The van der Waals surface area contributed by atoms with Gasteiger partial charge in [-0.25, -0.2) is 4.39 Å². The summed E-state index contributed by atoms with van der Waals surface area (Å²) in [5, 5.41) is 2.54. The molecule has 2 aromatic rings. The van der Waals surface area contributed by atoms with Crippen LogP contribution in [-0.2, 0) is 14.3 Å². The molecule has 3 N–H and O–H groups in total. The number of methoxy groups -OCH3 is 1. The van der Waals surface area contributed by atoms with Crippen LogP contribution in [0.1, 0.15) is 23.3 Å². The summed E-state index contributed by atoms with van der Waals surface area (Å²) in [6.07, 6.45) is -0.876. The van der Waals surface area contributed by atoms with Crippen LogP contribution in [0.15, 0.2) is 54.6 Å². The zero-order valence-electron chi connectivity index (χ0n) is 12.5. The molecular formula is C17H17FN2O3. The van der Waals surface area contributed by atoms with Crippen molar-refractivity contribution in [3.8, 4) is 0 Å². The summed E-state index contributed by atoms with van der Waals surface area (Å²) in [6.45, 7) is 0. The van der Waals surface area contributed by atoms with Gasteiger partial charge in [0.2, 0.25) is 5.91 Å². The first-order valence-corrected chi connectivity index (χ1v) is 6.96. The van der Waals surface area contributed by atoms with Gasteiger partial charge < -0.3 is 15.8 Å². The lowest BCUT2D eigenvalue weighted by atomic mass is 10.0. The number of nitrogens with two attached hydrogens (primary N) is 1. The van der Waals surface area contributed by atoms with Crippen LogP contribution >= 0.6 is 0 Å². The van der Waals surface area contributed by atoms with Gasteiger partial charge in [-0.1, -0.05) is 42.5 Å². The molecule has 0 heterocycles. The largest absolute Gasteiger partial charge is 0.368 e. The Kier molecular flexibility index (Phi) is 5.43. The van der Waals surface area contributed by atoms with Crippen molar-refractivity contribution in [2.24, 2.45) is 5.73 Å². The molecule has 0 radical (unpaired) electrons. The van der Waals surface area contributed by atoms with Crippen molar-refractivity contribution in [2.45, 2.75) is 12.1 Å². The number of hydrogen-bond donors (Lipinski definition) is 2. The van der Waals surface area contributed by atoms with Crippen LogP contribution in [0.2, 0.25) is 0 Å². The van der Waals surface area contributed by atoms with Gasteiger partial charge in [0.25, 0.3) is 5.91 Å². The third-order valence-electron chi connectivity index (χ3n) is 3.35. The van der Waals surface area contributed by atoms with Crippen LogP contribution in [0.5, 0.6) is 0 Å². The molecule has 0 bridgehead atoms. The molecule has 2 atom stereocenters. The lowest BCUT2D eigenvalue weighted by molar-refractivity contribution is -0.135. The topological polar surface area (TPSA) is 81.4 Å². The Morgan fingerprint density at radius 1 is 1.04 bits per heavy atom. The first kappa shape index (κ1) is 16.6. The maximum absolute atomic E-state index is 13.0. The Morgan fingerprint density at radius 3 is 2.17 bits per heavy atom. The predicted molar refractivity (Wildman–Crippen MR) is 82.7 cm³/mol. The molecule has 0 aliphatic rings. The minimum atomic E-state index is -1.07. The van der Waals surface area contributed by atoms with Crippen molar-refractivity contribution in [3.05, 3.63) is 71.5 Å². The SMILES string of the molecule is CO[C@H](C(=O)N[C@@H](C(N)=O)c1ccc(F)cc1)c1ccccc1. The van der Waals surface area contributed by atoms with E-state index in [0.29, 0.717) is 11.1 Å². The Hall–Kier alpha value is -2.73. The molecule has 0 aromatic heterocycles. The number of ether oxygens (including phenoxy) is 1. The number of hydrogen-bond acceptors (Lipinski definition) is 3. The molecule has 23 heavy (non-hydrogen) atoms. The molecule has 120 valence electrons. The van der Waals surface area contributed by atoms with E-state index in [0.717, 1.165) is 0 Å². The number of nitrogens with one attached hydrogen (secondary N) is 1. The predicted octanol–water partition coefficient (Wildman–Crippen LogP) is 1.86. The lowest BCUT2D eigenvalue weighted by Gasteiger charge is -2.20. The van der Waals surface area contributed by atoms with Crippen LogP contribution in [0.3, 0.4) is 0 Å². The van der Waals surface area contributed by atoms with E-state index >= 15 is 0 Å². The Bertz CT molecular complexity index is 674. The average Bonchev–Trinajstić information content (AvgIpc) is 2.55. The maximum Gasteiger partial charge on any atom is 0.254 e. The summed E-state index contributed by atoms with van der Waals surface area (Å²) in [5.41, 5.74) is 6.39. The minimum absolute atomic E-state index is 0.398. The molecule has 0 saturated heterocycles. The van der Waals surface area contributed by atoms with Crippen LogP contribution < -0.4 is 11.1 Å². The highest BCUT2D eigenvalue weighted by molar-refractivity contribution is 5.89. The van der Waals surface area contributed by atoms with E-state index in [1.54, 1.807) is 24.3 Å². The molecule has 0 unspecified atom stereocenters. The Labute approximate surface area is 133 Å². The second-order valence-electron chi connectivity index (χ2n) is 4.92. The number of halogens is 1. The molecule has 6 heteroatoms. The molecule has 0 spiro atoms. The van der Waals surface area contributed by atoms with Crippen LogP contribution in [0, 0.1) is 5.82 Å². The molecule has 5 nitrogen and oxygen atoms in total. The fourth-order valence-corrected chi connectivity index (χ4v) is 2.21.